The number of hydrogen-bond acceptors (Lipinski definition) is 6. The fraction of sp³-hybridized carbons (Fsp3) is 0.385. The summed E-state index contributed by atoms with van der Waals surface area (Å²) in [5.74, 6) is 1.56. The van der Waals surface area contributed by atoms with Gasteiger partial charge in [-0.05, 0) is 18.9 Å². The highest BCUT2D eigenvalue weighted by Crippen LogP contribution is 2.33. The molecular weight excluding hydrogens is 240 g/mol. The molecule has 0 unspecified atom stereocenters. The predicted molar refractivity (Wildman–Crippen MR) is 72.9 cm³/mol. The van der Waals surface area contributed by atoms with E-state index in [1.165, 1.54) is 0 Å². The Kier molecular flexibility index (Phi) is 3.22. The van der Waals surface area contributed by atoms with E-state index >= 15 is 0 Å². The van der Waals surface area contributed by atoms with Gasteiger partial charge in [0.15, 0.2) is 0 Å². The van der Waals surface area contributed by atoms with E-state index in [4.69, 9.17) is 0 Å². The first-order chi connectivity index (χ1) is 9.38. The molecule has 0 radical (unpaired) electrons. The zero-order valence-electron chi connectivity index (χ0n) is 10.8. The van der Waals surface area contributed by atoms with Crippen molar-refractivity contribution in [2.24, 2.45) is 0 Å². The van der Waals surface area contributed by atoms with Gasteiger partial charge >= 0.3 is 0 Å². The molecule has 6 heteroatoms. The lowest BCUT2D eigenvalue weighted by Crippen LogP contribution is -2.25. The summed E-state index contributed by atoms with van der Waals surface area (Å²) in [6, 6.07) is 2.04. The molecule has 98 valence electrons. The Morgan fingerprint density at radius 3 is 2.89 bits per heavy atom. The Balaban J connectivity index is 1.90. The minimum absolute atomic E-state index is 0.211. The molecule has 2 aromatic rings. The van der Waals surface area contributed by atoms with Crippen molar-refractivity contribution in [2.45, 2.75) is 18.9 Å². The molecule has 0 spiro atoms. The van der Waals surface area contributed by atoms with Crippen LogP contribution < -0.4 is 10.2 Å². The summed E-state index contributed by atoms with van der Waals surface area (Å²) >= 11 is 0. The Labute approximate surface area is 111 Å². The van der Waals surface area contributed by atoms with Crippen molar-refractivity contribution in [3.63, 3.8) is 0 Å². The number of aromatic nitrogens is 4. The fourth-order valence-electron chi connectivity index (χ4n) is 2.42. The van der Waals surface area contributed by atoms with Crippen molar-refractivity contribution < 1.29 is 0 Å². The topological polar surface area (TPSA) is 66.8 Å². The maximum absolute atomic E-state index is 4.58. The van der Waals surface area contributed by atoms with Gasteiger partial charge in [-0.15, -0.1) is 0 Å². The first kappa shape index (κ1) is 11.8. The van der Waals surface area contributed by atoms with E-state index in [0.717, 1.165) is 36.8 Å². The summed E-state index contributed by atoms with van der Waals surface area (Å²) < 4.78 is 0. The molecule has 0 aliphatic carbocycles. The zero-order valence-corrected chi connectivity index (χ0v) is 10.8. The molecular formula is C13H16N6. The maximum atomic E-state index is 4.58. The summed E-state index contributed by atoms with van der Waals surface area (Å²) in [4.78, 5) is 19.7. The lowest BCUT2D eigenvalue weighted by molar-refractivity contribution is 0.676. The number of anilines is 2. The van der Waals surface area contributed by atoms with E-state index in [2.05, 4.69) is 30.2 Å². The van der Waals surface area contributed by atoms with Gasteiger partial charge in [0.05, 0.1) is 24.1 Å². The van der Waals surface area contributed by atoms with Crippen LogP contribution in [0.1, 0.15) is 24.6 Å². The molecule has 2 aromatic heterocycles. The highest BCUT2D eigenvalue weighted by molar-refractivity contribution is 5.38. The van der Waals surface area contributed by atoms with Crippen LogP contribution in [0, 0.1) is 0 Å². The molecule has 3 rings (SSSR count). The van der Waals surface area contributed by atoms with E-state index in [9.17, 15) is 0 Å². The lowest BCUT2D eigenvalue weighted by Gasteiger charge is -2.23. The van der Waals surface area contributed by atoms with Crippen molar-refractivity contribution in [3.8, 4) is 0 Å². The van der Waals surface area contributed by atoms with Gasteiger partial charge in [0, 0.05) is 26.0 Å². The standard InChI is InChI=1S/C13H16N6/c1-14-12-9-15-8-10(18-12)11-4-2-7-19(11)13-16-5-3-6-17-13/h3,5-6,8-9,11H,2,4,7H2,1H3,(H,14,18)/t11-/m0/s1. The summed E-state index contributed by atoms with van der Waals surface area (Å²) in [5.41, 5.74) is 0.969. The number of nitrogens with one attached hydrogen (secondary N) is 1. The third-order valence-electron chi connectivity index (χ3n) is 3.31. The highest BCUT2D eigenvalue weighted by Gasteiger charge is 2.29. The molecule has 0 bridgehead atoms. The van der Waals surface area contributed by atoms with E-state index in [1.54, 1.807) is 18.6 Å². The number of rotatable bonds is 3. The summed E-state index contributed by atoms with van der Waals surface area (Å²) in [6.45, 7) is 0.958. The van der Waals surface area contributed by atoms with Gasteiger partial charge in [0.2, 0.25) is 5.95 Å². The van der Waals surface area contributed by atoms with E-state index in [-0.39, 0.29) is 6.04 Å². The maximum Gasteiger partial charge on any atom is 0.225 e. The van der Waals surface area contributed by atoms with Crippen LogP contribution in [-0.4, -0.2) is 33.5 Å². The average molecular weight is 256 g/mol. The summed E-state index contributed by atoms with van der Waals surface area (Å²) in [6.07, 6.45) is 9.27. The predicted octanol–water partition coefficient (Wildman–Crippen LogP) is 1.65. The molecule has 6 nitrogen and oxygen atoms in total. The molecule has 0 saturated carbocycles. The van der Waals surface area contributed by atoms with E-state index in [1.807, 2.05) is 19.3 Å². The molecule has 19 heavy (non-hydrogen) atoms. The number of hydrogen-bond donors (Lipinski definition) is 1. The van der Waals surface area contributed by atoms with Crippen molar-refractivity contribution in [2.75, 3.05) is 23.8 Å². The first-order valence-electron chi connectivity index (χ1n) is 6.42. The second-order valence-electron chi connectivity index (χ2n) is 4.48. The minimum atomic E-state index is 0.211. The van der Waals surface area contributed by atoms with Crippen LogP contribution in [0.15, 0.2) is 30.9 Å². The van der Waals surface area contributed by atoms with Crippen LogP contribution >= 0.6 is 0 Å². The van der Waals surface area contributed by atoms with Crippen LogP contribution in [0.25, 0.3) is 0 Å². The van der Waals surface area contributed by atoms with Crippen molar-refractivity contribution in [3.05, 3.63) is 36.5 Å². The van der Waals surface area contributed by atoms with Crippen molar-refractivity contribution in [1.29, 1.82) is 0 Å². The largest absolute Gasteiger partial charge is 0.372 e. The Morgan fingerprint density at radius 1 is 1.26 bits per heavy atom. The molecule has 0 aromatic carbocycles. The van der Waals surface area contributed by atoms with E-state index < -0.39 is 0 Å². The third kappa shape index (κ3) is 2.33. The molecule has 0 amide bonds. The van der Waals surface area contributed by atoms with Crippen molar-refractivity contribution >= 4 is 11.8 Å². The normalized spacial score (nSPS) is 18.6. The second kappa shape index (κ2) is 5.17. The van der Waals surface area contributed by atoms with Gasteiger partial charge in [-0.2, -0.15) is 0 Å². The monoisotopic (exact) mass is 256 g/mol. The van der Waals surface area contributed by atoms with Gasteiger partial charge in [-0.25, -0.2) is 15.0 Å². The van der Waals surface area contributed by atoms with Gasteiger partial charge in [0.1, 0.15) is 5.82 Å². The molecule has 1 aliphatic heterocycles. The smallest absolute Gasteiger partial charge is 0.225 e. The van der Waals surface area contributed by atoms with Gasteiger partial charge in [-0.1, -0.05) is 0 Å². The van der Waals surface area contributed by atoms with Crippen LogP contribution in [0.2, 0.25) is 0 Å². The molecule has 3 heterocycles. The first-order valence-corrected chi connectivity index (χ1v) is 6.42. The SMILES string of the molecule is CNc1cncc([C@@H]2CCCN2c2ncccn2)n1. The quantitative estimate of drug-likeness (QED) is 0.900. The summed E-state index contributed by atoms with van der Waals surface area (Å²) in [5, 5.41) is 3.02. The van der Waals surface area contributed by atoms with Gasteiger partial charge in [0.25, 0.3) is 0 Å². The molecule has 1 atom stereocenters. The Bertz CT molecular complexity index is 544. The minimum Gasteiger partial charge on any atom is -0.372 e. The van der Waals surface area contributed by atoms with Crippen molar-refractivity contribution in [1.82, 2.24) is 19.9 Å². The average Bonchev–Trinajstić information content (AvgIpc) is 2.98. The van der Waals surface area contributed by atoms with Crippen LogP contribution in [0.4, 0.5) is 11.8 Å². The molecule has 1 saturated heterocycles. The second-order valence-corrected chi connectivity index (χ2v) is 4.48. The molecule has 1 N–H and O–H groups in total. The van der Waals surface area contributed by atoms with Crippen LogP contribution in [-0.2, 0) is 0 Å². The fourth-order valence-corrected chi connectivity index (χ4v) is 2.42. The van der Waals surface area contributed by atoms with Crippen LogP contribution in [0.5, 0.6) is 0 Å². The van der Waals surface area contributed by atoms with Gasteiger partial charge in [-0.3, -0.25) is 4.98 Å². The zero-order chi connectivity index (χ0) is 13.1. The highest BCUT2D eigenvalue weighted by atomic mass is 15.3. The number of nitrogens with zero attached hydrogens (tertiary/aromatic N) is 5. The van der Waals surface area contributed by atoms with Gasteiger partial charge < -0.3 is 10.2 Å². The summed E-state index contributed by atoms with van der Waals surface area (Å²) in [7, 11) is 1.85. The Morgan fingerprint density at radius 2 is 2.11 bits per heavy atom. The third-order valence-corrected chi connectivity index (χ3v) is 3.31. The Hall–Kier alpha value is -2.24. The van der Waals surface area contributed by atoms with E-state index in [0.29, 0.717) is 0 Å². The molecule has 1 fully saturated rings. The molecule has 1 aliphatic rings. The lowest BCUT2D eigenvalue weighted by atomic mass is 10.1. The van der Waals surface area contributed by atoms with Crippen LogP contribution in [0.3, 0.4) is 0 Å².